The van der Waals surface area contributed by atoms with Crippen molar-refractivity contribution < 1.29 is 4.79 Å². The number of anilines is 1. The Morgan fingerprint density at radius 2 is 1.88 bits per heavy atom. The summed E-state index contributed by atoms with van der Waals surface area (Å²) in [7, 11) is 0. The smallest absolute Gasteiger partial charge is 0.288 e. The van der Waals surface area contributed by atoms with Crippen molar-refractivity contribution in [3.63, 3.8) is 0 Å². The first kappa shape index (κ1) is 16.6. The van der Waals surface area contributed by atoms with Crippen LogP contribution in [0.4, 0.5) is 5.69 Å². The van der Waals surface area contributed by atoms with Gasteiger partial charge in [-0.3, -0.25) is 20.4 Å². The number of aromatic amines is 1. The lowest BCUT2D eigenvalue weighted by molar-refractivity contribution is -0.114. The van der Waals surface area contributed by atoms with Crippen molar-refractivity contribution >= 4 is 39.9 Å². The zero-order valence-corrected chi connectivity index (χ0v) is 13.5. The van der Waals surface area contributed by atoms with Gasteiger partial charge in [-0.15, -0.1) is 0 Å². The van der Waals surface area contributed by atoms with Crippen LogP contribution in [0.3, 0.4) is 0 Å². The normalized spacial score (nSPS) is 11.4. The molecule has 25 heavy (non-hydrogen) atoms. The van der Waals surface area contributed by atoms with Gasteiger partial charge in [-0.25, -0.2) is 10.8 Å². The highest BCUT2D eigenvalue weighted by Crippen LogP contribution is 2.13. The summed E-state index contributed by atoms with van der Waals surface area (Å²) < 4.78 is 0. The maximum atomic E-state index is 12.3. The Bertz CT molecular complexity index is 1010. The Morgan fingerprint density at radius 3 is 2.60 bits per heavy atom. The number of rotatable bonds is 4. The molecule has 0 bridgehead atoms. The molecule has 0 aliphatic carbocycles. The molecule has 0 unspecified atom stereocenters. The molecule has 0 spiro atoms. The molecule has 2 aromatic carbocycles. The SMILES string of the molecule is NNC(=O)/C(=N\Nc1ccc(Cl)cc1)c1nc2ccccc2[nH]c1=O. The number of para-hydroxylation sites is 2. The second-order valence-electron chi connectivity index (χ2n) is 4.98. The molecule has 0 saturated heterocycles. The van der Waals surface area contributed by atoms with Gasteiger partial charge in [0.25, 0.3) is 11.5 Å². The number of hydrazone groups is 1. The second-order valence-corrected chi connectivity index (χ2v) is 5.42. The zero-order valence-electron chi connectivity index (χ0n) is 12.8. The standard InChI is InChI=1S/C16H13ClN6O2/c17-9-5-7-10(8-6-9)22-23-14(16(25)21-18)13-15(24)20-12-4-2-1-3-11(12)19-13/h1-8,22H,18H2,(H,20,24)(H,21,25)/b23-14-. The first-order valence-electron chi connectivity index (χ1n) is 7.18. The Balaban J connectivity index is 2.05. The molecule has 0 fully saturated rings. The maximum Gasteiger partial charge on any atom is 0.288 e. The van der Waals surface area contributed by atoms with Gasteiger partial charge in [0.2, 0.25) is 0 Å². The molecular weight excluding hydrogens is 344 g/mol. The number of fused-ring (bicyclic) bond motifs is 1. The predicted molar refractivity (Wildman–Crippen MR) is 96.3 cm³/mol. The molecule has 1 aromatic heterocycles. The number of nitrogens with two attached hydrogens (primary N) is 1. The average Bonchev–Trinajstić information content (AvgIpc) is 2.63. The minimum absolute atomic E-state index is 0.150. The average molecular weight is 357 g/mol. The predicted octanol–water partition coefficient (Wildman–Crippen LogP) is 1.38. The summed E-state index contributed by atoms with van der Waals surface area (Å²) in [6.45, 7) is 0. The number of nitrogens with one attached hydrogen (secondary N) is 3. The van der Waals surface area contributed by atoms with Crippen LogP contribution in [-0.2, 0) is 4.79 Å². The molecule has 0 aliphatic rings. The molecule has 0 atom stereocenters. The lowest BCUT2D eigenvalue weighted by Crippen LogP contribution is -2.40. The quantitative estimate of drug-likeness (QED) is 0.243. The van der Waals surface area contributed by atoms with E-state index in [1.807, 2.05) is 5.43 Å². The molecule has 3 rings (SSSR count). The van der Waals surface area contributed by atoms with Gasteiger partial charge in [-0.05, 0) is 36.4 Å². The highest BCUT2D eigenvalue weighted by Gasteiger charge is 2.19. The van der Waals surface area contributed by atoms with Crippen molar-refractivity contribution in [2.75, 3.05) is 5.43 Å². The van der Waals surface area contributed by atoms with Gasteiger partial charge in [0.1, 0.15) is 0 Å². The first-order valence-corrected chi connectivity index (χ1v) is 7.56. The van der Waals surface area contributed by atoms with Gasteiger partial charge in [0.05, 0.1) is 16.7 Å². The van der Waals surface area contributed by atoms with Gasteiger partial charge in [-0.2, -0.15) is 5.10 Å². The fourth-order valence-corrected chi connectivity index (χ4v) is 2.24. The second kappa shape index (κ2) is 7.12. The van der Waals surface area contributed by atoms with E-state index >= 15 is 0 Å². The number of halogens is 1. The molecule has 9 heteroatoms. The number of benzene rings is 2. The van der Waals surface area contributed by atoms with Crippen molar-refractivity contribution in [1.82, 2.24) is 15.4 Å². The van der Waals surface area contributed by atoms with Crippen LogP contribution in [0.1, 0.15) is 5.69 Å². The number of H-pyrrole nitrogens is 1. The number of hydrazine groups is 1. The van der Waals surface area contributed by atoms with Crippen LogP contribution in [0.2, 0.25) is 5.02 Å². The topological polar surface area (TPSA) is 125 Å². The summed E-state index contributed by atoms with van der Waals surface area (Å²) in [6.07, 6.45) is 0. The molecule has 3 aromatic rings. The Hall–Kier alpha value is -3.23. The van der Waals surface area contributed by atoms with Crippen LogP contribution in [0.15, 0.2) is 58.4 Å². The summed E-state index contributed by atoms with van der Waals surface area (Å²) >= 11 is 5.82. The highest BCUT2D eigenvalue weighted by molar-refractivity contribution is 6.44. The summed E-state index contributed by atoms with van der Waals surface area (Å²) in [6, 6.07) is 13.6. The van der Waals surface area contributed by atoms with Crippen LogP contribution in [0.25, 0.3) is 11.0 Å². The Labute approximate surface area is 146 Å². The first-order chi connectivity index (χ1) is 12.1. The van der Waals surface area contributed by atoms with Gasteiger partial charge in [0.15, 0.2) is 11.4 Å². The molecule has 1 amide bonds. The third-order valence-corrected chi connectivity index (χ3v) is 3.56. The Morgan fingerprint density at radius 1 is 1.16 bits per heavy atom. The molecule has 8 nitrogen and oxygen atoms in total. The highest BCUT2D eigenvalue weighted by atomic mass is 35.5. The summed E-state index contributed by atoms with van der Waals surface area (Å²) in [4.78, 5) is 31.2. The van der Waals surface area contributed by atoms with E-state index in [1.54, 1.807) is 48.5 Å². The largest absolute Gasteiger partial charge is 0.319 e. The minimum Gasteiger partial charge on any atom is -0.319 e. The van der Waals surface area contributed by atoms with Crippen molar-refractivity contribution in [3.8, 4) is 0 Å². The third kappa shape index (κ3) is 3.65. The molecule has 126 valence electrons. The summed E-state index contributed by atoms with van der Waals surface area (Å²) in [5.41, 5.74) is 5.33. The summed E-state index contributed by atoms with van der Waals surface area (Å²) in [5, 5.41) is 4.54. The molecule has 1 heterocycles. The van der Waals surface area contributed by atoms with Crippen LogP contribution < -0.4 is 22.3 Å². The number of hydrogen-bond acceptors (Lipinski definition) is 6. The number of amides is 1. The lowest BCUT2D eigenvalue weighted by atomic mass is 10.2. The molecule has 0 aliphatic heterocycles. The van der Waals surface area contributed by atoms with Gasteiger partial charge < -0.3 is 4.98 Å². The van der Waals surface area contributed by atoms with Gasteiger partial charge >= 0.3 is 0 Å². The number of carbonyl (C=O) groups is 1. The van der Waals surface area contributed by atoms with E-state index in [0.717, 1.165) is 0 Å². The van der Waals surface area contributed by atoms with Gasteiger partial charge in [0, 0.05) is 5.02 Å². The fraction of sp³-hybridized carbons (Fsp3) is 0. The monoisotopic (exact) mass is 356 g/mol. The lowest BCUT2D eigenvalue weighted by Gasteiger charge is -2.07. The van der Waals surface area contributed by atoms with E-state index in [0.29, 0.717) is 21.7 Å². The van der Waals surface area contributed by atoms with E-state index in [4.69, 9.17) is 17.4 Å². The maximum absolute atomic E-state index is 12.3. The van der Waals surface area contributed by atoms with Crippen LogP contribution in [0.5, 0.6) is 0 Å². The van der Waals surface area contributed by atoms with E-state index in [9.17, 15) is 9.59 Å². The van der Waals surface area contributed by atoms with Crippen molar-refractivity contribution in [2.24, 2.45) is 10.9 Å². The van der Waals surface area contributed by atoms with E-state index in [-0.39, 0.29) is 11.4 Å². The number of nitrogens with zero attached hydrogens (tertiary/aromatic N) is 2. The van der Waals surface area contributed by atoms with Crippen molar-refractivity contribution in [2.45, 2.75) is 0 Å². The zero-order chi connectivity index (χ0) is 17.8. The van der Waals surface area contributed by atoms with Gasteiger partial charge in [-0.1, -0.05) is 23.7 Å². The number of carbonyl (C=O) groups excluding carboxylic acids is 1. The van der Waals surface area contributed by atoms with E-state index in [2.05, 4.69) is 20.5 Å². The third-order valence-electron chi connectivity index (χ3n) is 3.31. The van der Waals surface area contributed by atoms with Crippen LogP contribution >= 0.6 is 11.6 Å². The fourth-order valence-electron chi connectivity index (χ4n) is 2.11. The number of aromatic nitrogens is 2. The van der Waals surface area contributed by atoms with E-state index < -0.39 is 11.5 Å². The van der Waals surface area contributed by atoms with Crippen LogP contribution in [0, 0.1) is 0 Å². The van der Waals surface area contributed by atoms with E-state index in [1.165, 1.54) is 0 Å². The van der Waals surface area contributed by atoms with Crippen molar-refractivity contribution in [3.05, 3.63) is 69.6 Å². The van der Waals surface area contributed by atoms with Crippen molar-refractivity contribution in [1.29, 1.82) is 0 Å². The molecule has 0 radical (unpaired) electrons. The molecule has 0 saturated carbocycles. The minimum atomic E-state index is -0.755. The number of hydrogen-bond donors (Lipinski definition) is 4. The molecular formula is C16H13ClN6O2. The Kier molecular flexibility index (Phi) is 4.73. The summed E-state index contributed by atoms with van der Waals surface area (Å²) in [5.74, 6) is 4.44. The molecule has 5 N–H and O–H groups in total. The van der Waals surface area contributed by atoms with Crippen LogP contribution in [-0.4, -0.2) is 21.6 Å².